The summed E-state index contributed by atoms with van der Waals surface area (Å²) in [6, 6.07) is 3.57. The van der Waals surface area contributed by atoms with Crippen LogP contribution in [0.4, 0.5) is 5.95 Å². The molecule has 8 nitrogen and oxygen atoms in total. The smallest absolute Gasteiger partial charge is 0.256 e. The molecule has 0 aromatic carbocycles. The van der Waals surface area contributed by atoms with E-state index >= 15 is 0 Å². The normalized spacial score (nSPS) is 10.5. The number of aromatic nitrogens is 7. The summed E-state index contributed by atoms with van der Waals surface area (Å²) in [6.07, 6.45) is 6.80. The molecule has 0 radical (unpaired) electrons. The minimum absolute atomic E-state index is 0.449. The molecule has 0 aliphatic heterocycles. The van der Waals surface area contributed by atoms with Gasteiger partial charge in [-0.25, -0.2) is 14.6 Å². The van der Waals surface area contributed by atoms with Crippen LogP contribution < -0.4 is 5.32 Å². The maximum absolute atomic E-state index is 4.37. The van der Waals surface area contributed by atoms with Crippen LogP contribution in [0.1, 0.15) is 6.92 Å². The maximum Gasteiger partial charge on any atom is 0.256 e. The highest BCUT2D eigenvalue weighted by Crippen LogP contribution is 2.21. The number of nitrogens with zero attached hydrogens (tertiary/aromatic N) is 7. The van der Waals surface area contributed by atoms with Gasteiger partial charge in [0.15, 0.2) is 5.16 Å². The van der Waals surface area contributed by atoms with E-state index in [1.807, 2.05) is 13.0 Å². The molecular weight excluding hydrogens is 288 g/mol. The molecule has 3 rings (SSSR count). The summed E-state index contributed by atoms with van der Waals surface area (Å²) in [5, 5.41) is 8.30. The molecule has 106 valence electrons. The zero-order chi connectivity index (χ0) is 14.5. The first kappa shape index (κ1) is 13.4. The fourth-order valence-corrected chi connectivity index (χ4v) is 2.19. The SMILES string of the molecule is CCNc1nc(Sc2ncccn2)nc(-n2cccn2)n1. The predicted molar refractivity (Wildman–Crippen MR) is 77.3 cm³/mol. The second-order valence-corrected chi connectivity index (χ2v) is 4.79. The Balaban J connectivity index is 1.95. The van der Waals surface area contributed by atoms with Crippen molar-refractivity contribution in [1.82, 2.24) is 34.7 Å². The van der Waals surface area contributed by atoms with Gasteiger partial charge >= 0.3 is 0 Å². The van der Waals surface area contributed by atoms with Gasteiger partial charge in [-0.2, -0.15) is 20.1 Å². The third-order valence-corrected chi connectivity index (χ3v) is 3.13. The molecule has 3 aromatic heterocycles. The van der Waals surface area contributed by atoms with Gasteiger partial charge in [-0.1, -0.05) is 0 Å². The largest absolute Gasteiger partial charge is 0.354 e. The van der Waals surface area contributed by atoms with Crippen molar-refractivity contribution in [1.29, 1.82) is 0 Å². The molecule has 3 aromatic rings. The van der Waals surface area contributed by atoms with E-state index in [4.69, 9.17) is 0 Å². The summed E-state index contributed by atoms with van der Waals surface area (Å²) in [5.74, 6) is 0.945. The van der Waals surface area contributed by atoms with E-state index in [1.165, 1.54) is 11.8 Å². The Morgan fingerprint density at radius 1 is 1.05 bits per heavy atom. The molecule has 0 atom stereocenters. The molecule has 0 spiro atoms. The molecule has 1 N–H and O–H groups in total. The van der Waals surface area contributed by atoms with E-state index in [1.54, 1.807) is 35.5 Å². The Kier molecular flexibility index (Phi) is 4.01. The van der Waals surface area contributed by atoms with Gasteiger partial charge in [0.25, 0.3) is 5.95 Å². The molecule has 0 fully saturated rings. The highest BCUT2D eigenvalue weighted by molar-refractivity contribution is 7.99. The van der Waals surface area contributed by atoms with E-state index < -0.39 is 0 Å². The third-order valence-electron chi connectivity index (χ3n) is 2.37. The van der Waals surface area contributed by atoms with E-state index in [0.29, 0.717) is 28.8 Å². The highest BCUT2D eigenvalue weighted by atomic mass is 32.2. The van der Waals surface area contributed by atoms with Crippen LogP contribution in [0.25, 0.3) is 5.95 Å². The van der Waals surface area contributed by atoms with Crippen molar-refractivity contribution in [2.24, 2.45) is 0 Å². The Hall–Kier alpha value is -2.55. The van der Waals surface area contributed by atoms with Gasteiger partial charge in [-0.3, -0.25) is 0 Å². The van der Waals surface area contributed by atoms with E-state index in [-0.39, 0.29) is 0 Å². The quantitative estimate of drug-likeness (QED) is 0.707. The number of rotatable bonds is 5. The van der Waals surface area contributed by atoms with Crippen molar-refractivity contribution in [3.05, 3.63) is 36.9 Å². The molecule has 0 bridgehead atoms. The zero-order valence-corrected chi connectivity index (χ0v) is 12.0. The minimum atomic E-state index is 0.449. The van der Waals surface area contributed by atoms with Gasteiger partial charge in [0.1, 0.15) is 0 Å². The summed E-state index contributed by atoms with van der Waals surface area (Å²) in [5.41, 5.74) is 0. The van der Waals surface area contributed by atoms with Crippen molar-refractivity contribution >= 4 is 17.7 Å². The fraction of sp³-hybridized carbons (Fsp3) is 0.167. The predicted octanol–water partition coefficient (Wildman–Crippen LogP) is 1.43. The lowest BCUT2D eigenvalue weighted by Crippen LogP contribution is -2.09. The Morgan fingerprint density at radius 3 is 2.62 bits per heavy atom. The molecule has 3 heterocycles. The average Bonchev–Trinajstić information content (AvgIpc) is 3.03. The van der Waals surface area contributed by atoms with Gasteiger partial charge in [0.2, 0.25) is 11.1 Å². The zero-order valence-electron chi connectivity index (χ0n) is 11.2. The van der Waals surface area contributed by atoms with Crippen molar-refractivity contribution in [3.63, 3.8) is 0 Å². The minimum Gasteiger partial charge on any atom is -0.354 e. The summed E-state index contributed by atoms with van der Waals surface area (Å²) in [6.45, 7) is 2.69. The Labute approximate surface area is 125 Å². The van der Waals surface area contributed by atoms with Gasteiger partial charge in [-0.05, 0) is 30.8 Å². The second-order valence-electron chi connectivity index (χ2n) is 3.86. The number of hydrogen-bond acceptors (Lipinski definition) is 8. The first-order valence-corrected chi connectivity index (χ1v) is 7.11. The molecule has 0 unspecified atom stereocenters. The standard InChI is InChI=1S/C12H12N8S/c1-2-13-9-17-10(20-8-4-7-16-20)19-12(18-9)21-11-14-5-3-6-15-11/h3-8H,2H2,1H3,(H,13,17,18,19). The van der Waals surface area contributed by atoms with Crippen LogP contribution in [-0.2, 0) is 0 Å². The summed E-state index contributed by atoms with van der Waals surface area (Å²) >= 11 is 1.27. The topological polar surface area (TPSA) is 94.3 Å². The Bertz CT molecular complexity index is 701. The highest BCUT2D eigenvalue weighted by Gasteiger charge is 2.10. The van der Waals surface area contributed by atoms with E-state index in [9.17, 15) is 0 Å². The first-order chi connectivity index (χ1) is 10.3. The van der Waals surface area contributed by atoms with Gasteiger partial charge < -0.3 is 5.32 Å². The van der Waals surface area contributed by atoms with Gasteiger partial charge in [0, 0.05) is 31.3 Å². The summed E-state index contributed by atoms with van der Waals surface area (Å²) in [4.78, 5) is 21.3. The second kappa shape index (κ2) is 6.27. The first-order valence-electron chi connectivity index (χ1n) is 6.30. The summed E-state index contributed by atoms with van der Waals surface area (Å²) < 4.78 is 1.58. The number of anilines is 1. The van der Waals surface area contributed by atoms with Crippen LogP contribution in [0.5, 0.6) is 0 Å². The molecule has 0 amide bonds. The lowest BCUT2D eigenvalue weighted by molar-refractivity contribution is 0.759. The van der Waals surface area contributed by atoms with Crippen LogP contribution in [0.3, 0.4) is 0 Å². The monoisotopic (exact) mass is 300 g/mol. The molecule has 0 saturated carbocycles. The van der Waals surface area contributed by atoms with Crippen LogP contribution >= 0.6 is 11.8 Å². The van der Waals surface area contributed by atoms with Crippen molar-refractivity contribution in [3.8, 4) is 5.95 Å². The maximum atomic E-state index is 4.37. The lowest BCUT2D eigenvalue weighted by atomic mass is 10.7. The third kappa shape index (κ3) is 3.31. The number of nitrogens with one attached hydrogen (secondary N) is 1. The molecule has 21 heavy (non-hydrogen) atoms. The fourth-order valence-electron chi connectivity index (χ4n) is 1.54. The average molecular weight is 300 g/mol. The molecule has 0 aliphatic rings. The molecule has 9 heteroatoms. The molecule has 0 aliphatic carbocycles. The Morgan fingerprint density at radius 2 is 1.90 bits per heavy atom. The van der Waals surface area contributed by atoms with Crippen LogP contribution in [0.2, 0.25) is 0 Å². The van der Waals surface area contributed by atoms with Crippen molar-refractivity contribution in [2.75, 3.05) is 11.9 Å². The lowest BCUT2D eigenvalue weighted by Gasteiger charge is -2.06. The summed E-state index contributed by atoms with van der Waals surface area (Å²) in [7, 11) is 0. The van der Waals surface area contributed by atoms with Crippen LogP contribution in [-0.4, -0.2) is 41.2 Å². The number of hydrogen-bond donors (Lipinski definition) is 1. The molecule has 0 saturated heterocycles. The van der Waals surface area contributed by atoms with Gasteiger partial charge in [-0.15, -0.1) is 0 Å². The van der Waals surface area contributed by atoms with Crippen molar-refractivity contribution in [2.45, 2.75) is 17.2 Å². The van der Waals surface area contributed by atoms with E-state index in [2.05, 4.69) is 35.3 Å². The van der Waals surface area contributed by atoms with Crippen LogP contribution in [0.15, 0.2) is 47.2 Å². The van der Waals surface area contributed by atoms with E-state index in [0.717, 1.165) is 0 Å². The van der Waals surface area contributed by atoms with Gasteiger partial charge in [0.05, 0.1) is 0 Å². The van der Waals surface area contributed by atoms with Crippen LogP contribution in [0, 0.1) is 0 Å². The molecular formula is C12H12N8S. The van der Waals surface area contributed by atoms with Crippen molar-refractivity contribution < 1.29 is 0 Å².